The Morgan fingerprint density at radius 3 is 2.50 bits per heavy atom. The lowest BCUT2D eigenvalue weighted by Gasteiger charge is -2.33. The fraction of sp³-hybridized carbons (Fsp3) is 0.625. The van der Waals surface area contributed by atoms with E-state index in [-0.39, 0.29) is 11.3 Å². The van der Waals surface area contributed by atoms with Gasteiger partial charge in [0.1, 0.15) is 0 Å². The van der Waals surface area contributed by atoms with E-state index >= 15 is 0 Å². The van der Waals surface area contributed by atoms with E-state index < -0.39 is 17.2 Å². The Morgan fingerprint density at radius 2 is 1.85 bits per heavy atom. The van der Waals surface area contributed by atoms with Crippen molar-refractivity contribution in [2.45, 2.75) is 57.5 Å². The van der Waals surface area contributed by atoms with E-state index in [1.54, 1.807) is 0 Å². The van der Waals surface area contributed by atoms with Crippen molar-refractivity contribution in [3.05, 3.63) is 29.3 Å². The highest BCUT2D eigenvalue weighted by Crippen LogP contribution is 2.39. The lowest BCUT2D eigenvalue weighted by molar-refractivity contribution is -0.00440. The van der Waals surface area contributed by atoms with E-state index in [0.717, 1.165) is 32.1 Å². The van der Waals surface area contributed by atoms with Crippen LogP contribution in [0.5, 0.6) is 5.75 Å². The minimum Gasteiger partial charge on any atom is -0.490 e. The summed E-state index contributed by atoms with van der Waals surface area (Å²) in [7, 11) is 0. The van der Waals surface area contributed by atoms with E-state index in [1.807, 2.05) is 6.92 Å². The summed E-state index contributed by atoms with van der Waals surface area (Å²) < 4.78 is 33.4. The van der Waals surface area contributed by atoms with Gasteiger partial charge in [-0.1, -0.05) is 32.6 Å². The number of benzene rings is 1. The Morgan fingerprint density at radius 1 is 1.15 bits per heavy atom. The lowest BCUT2D eigenvalue weighted by Crippen LogP contribution is -2.30. The normalized spacial score (nSPS) is 18.0. The molecular formula is C16H22F2O2. The Kier molecular flexibility index (Phi) is 4.97. The maximum atomic E-state index is 14.2. The molecule has 1 aromatic rings. The molecule has 0 heterocycles. The summed E-state index contributed by atoms with van der Waals surface area (Å²) in [5.74, 6) is -2.03. The molecule has 2 rings (SSSR count). The first-order valence-electron chi connectivity index (χ1n) is 7.42. The van der Waals surface area contributed by atoms with Crippen molar-refractivity contribution in [2.75, 3.05) is 6.61 Å². The molecule has 0 bridgehead atoms. The third-order valence-corrected chi connectivity index (χ3v) is 3.98. The van der Waals surface area contributed by atoms with Crippen LogP contribution in [-0.4, -0.2) is 11.7 Å². The van der Waals surface area contributed by atoms with Gasteiger partial charge < -0.3 is 9.84 Å². The molecule has 112 valence electrons. The standard InChI is InChI=1S/C16H22F2O2/c1-2-3-11-20-13-8-7-12(14(17)15(13)18)16(19)9-5-4-6-10-16/h7-8,19H,2-6,9-11H2,1H3. The van der Waals surface area contributed by atoms with Gasteiger partial charge in [0.25, 0.3) is 0 Å². The number of rotatable bonds is 5. The maximum Gasteiger partial charge on any atom is 0.200 e. The van der Waals surface area contributed by atoms with E-state index in [4.69, 9.17) is 4.74 Å². The van der Waals surface area contributed by atoms with Gasteiger partial charge in [0, 0.05) is 5.56 Å². The zero-order valence-corrected chi connectivity index (χ0v) is 11.9. The number of hydrogen-bond donors (Lipinski definition) is 1. The molecule has 0 aromatic heterocycles. The zero-order chi connectivity index (χ0) is 14.6. The van der Waals surface area contributed by atoms with Crippen LogP contribution in [0.25, 0.3) is 0 Å². The predicted molar refractivity (Wildman–Crippen MR) is 73.7 cm³/mol. The number of ether oxygens (including phenoxy) is 1. The topological polar surface area (TPSA) is 29.5 Å². The molecule has 20 heavy (non-hydrogen) atoms. The van der Waals surface area contributed by atoms with Crippen molar-refractivity contribution < 1.29 is 18.6 Å². The van der Waals surface area contributed by atoms with Crippen molar-refractivity contribution in [2.24, 2.45) is 0 Å². The number of unbranched alkanes of at least 4 members (excludes halogenated alkanes) is 1. The highest BCUT2D eigenvalue weighted by atomic mass is 19.2. The Labute approximate surface area is 118 Å². The van der Waals surface area contributed by atoms with Crippen LogP contribution in [0.4, 0.5) is 8.78 Å². The largest absolute Gasteiger partial charge is 0.490 e. The summed E-state index contributed by atoms with van der Waals surface area (Å²) in [5.41, 5.74) is -1.16. The van der Waals surface area contributed by atoms with Crippen molar-refractivity contribution >= 4 is 0 Å². The van der Waals surface area contributed by atoms with Crippen LogP contribution in [0.1, 0.15) is 57.4 Å². The monoisotopic (exact) mass is 284 g/mol. The molecule has 1 fully saturated rings. The summed E-state index contributed by atoms with van der Waals surface area (Å²) in [5, 5.41) is 10.5. The average Bonchev–Trinajstić information content (AvgIpc) is 2.44. The van der Waals surface area contributed by atoms with Gasteiger partial charge in [-0.25, -0.2) is 4.39 Å². The van der Waals surface area contributed by atoms with Gasteiger partial charge in [0.05, 0.1) is 12.2 Å². The zero-order valence-electron chi connectivity index (χ0n) is 11.9. The van der Waals surface area contributed by atoms with Crippen LogP contribution in [0.3, 0.4) is 0 Å². The van der Waals surface area contributed by atoms with Crippen LogP contribution in [0, 0.1) is 11.6 Å². The smallest absolute Gasteiger partial charge is 0.200 e. The van der Waals surface area contributed by atoms with Gasteiger partial charge in [-0.3, -0.25) is 0 Å². The summed E-state index contributed by atoms with van der Waals surface area (Å²) in [6, 6.07) is 2.89. The minimum absolute atomic E-state index is 0.0672. The number of hydrogen-bond acceptors (Lipinski definition) is 2. The molecule has 1 aliphatic carbocycles. The van der Waals surface area contributed by atoms with Crippen LogP contribution in [-0.2, 0) is 5.60 Å². The van der Waals surface area contributed by atoms with Crippen LogP contribution >= 0.6 is 0 Å². The van der Waals surface area contributed by atoms with Gasteiger partial charge >= 0.3 is 0 Å². The molecule has 1 aromatic carbocycles. The second-order valence-electron chi connectivity index (χ2n) is 5.53. The first kappa shape index (κ1) is 15.2. The Balaban J connectivity index is 2.21. The molecule has 0 atom stereocenters. The van der Waals surface area contributed by atoms with Gasteiger partial charge in [-0.15, -0.1) is 0 Å². The molecule has 1 aliphatic rings. The molecule has 1 N–H and O–H groups in total. The molecule has 0 aliphatic heterocycles. The van der Waals surface area contributed by atoms with Gasteiger partial charge in [0.15, 0.2) is 11.6 Å². The maximum absolute atomic E-state index is 14.2. The second kappa shape index (κ2) is 6.53. The molecule has 0 unspecified atom stereocenters. The molecular weight excluding hydrogens is 262 g/mol. The first-order valence-corrected chi connectivity index (χ1v) is 7.42. The summed E-state index contributed by atoms with van der Waals surface area (Å²) in [4.78, 5) is 0. The summed E-state index contributed by atoms with van der Waals surface area (Å²) in [6.07, 6.45) is 5.41. The minimum atomic E-state index is -1.23. The van der Waals surface area contributed by atoms with Gasteiger partial charge in [-0.05, 0) is 31.4 Å². The third-order valence-electron chi connectivity index (χ3n) is 3.98. The second-order valence-corrected chi connectivity index (χ2v) is 5.53. The van der Waals surface area contributed by atoms with E-state index in [0.29, 0.717) is 19.4 Å². The number of halogens is 2. The van der Waals surface area contributed by atoms with Crippen molar-refractivity contribution in [1.29, 1.82) is 0 Å². The molecule has 0 radical (unpaired) electrons. The van der Waals surface area contributed by atoms with Crippen LogP contribution in [0.2, 0.25) is 0 Å². The van der Waals surface area contributed by atoms with Gasteiger partial charge in [0.2, 0.25) is 5.82 Å². The van der Waals surface area contributed by atoms with Crippen LogP contribution in [0.15, 0.2) is 12.1 Å². The van der Waals surface area contributed by atoms with E-state index in [1.165, 1.54) is 12.1 Å². The third kappa shape index (κ3) is 3.11. The quantitative estimate of drug-likeness (QED) is 0.817. The average molecular weight is 284 g/mol. The van der Waals surface area contributed by atoms with Crippen molar-refractivity contribution in [3.8, 4) is 5.75 Å². The molecule has 1 saturated carbocycles. The Hall–Kier alpha value is -1.16. The SMILES string of the molecule is CCCCOc1ccc(C2(O)CCCCC2)c(F)c1F. The predicted octanol–water partition coefficient (Wildman–Crippen LogP) is 4.30. The van der Waals surface area contributed by atoms with Crippen LogP contribution < -0.4 is 4.74 Å². The highest BCUT2D eigenvalue weighted by Gasteiger charge is 2.35. The Bertz CT molecular complexity index is 454. The lowest BCUT2D eigenvalue weighted by atomic mass is 9.79. The molecule has 2 nitrogen and oxygen atoms in total. The number of aliphatic hydroxyl groups is 1. The fourth-order valence-electron chi connectivity index (χ4n) is 2.74. The molecule has 0 amide bonds. The molecule has 0 spiro atoms. The molecule has 4 heteroatoms. The molecule has 0 saturated heterocycles. The summed E-state index contributed by atoms with van der Waals surface area (Å²) in [6.45, 7) is 2.37. The van der Waals surface area contributed by atoms with Crippen molar-refractivity contribution in [1.82, 2.24) is 0 Å². The first-order chi connectivity index (χ1) is 9.58. The highest BCUT2D eigenvalue weighted by molar-refractivity contribution is 5.34. The summed E-state index contributed by atoms with van der Waals surface area (Å²) >= 11 is 0. The van der Waals surface area contributed by atoms with Gasteiger partial charge in [-0.2, -0.15) is 4.39 Å². The van der Waals surface area contributed by atoms with E-state index in [2.05, 4.69) is 0 Å². The fourth-order valence-corrected chi connectivity index (χ4v) is 2.74. The van der Waals surface area contributed by atoms with E-state index in [9.17, 15) is 13.9 Å². The van der Waals surface area contributed by atoms with Crippen molar-refractivity contribution in [3.63, 3.8) is 0 Å².